The third-order valence-corrected chi connectivity index (χ3v) is 5.13. The number of amides is 1. The third kappa shape index (κ3) is 5.03. The standard InChI is InChI=1S/C22H20N6OS/c1-14-8-10-17(11-9-14)26-19(29)12-18-13-23-22(30-18)28-21-25-15(2)24-20(27-21)16-6-4-3-5-7-16/h3-11,13H,12H2,1-2H3,(H,26,29)(H,23,24,25,27,28). The number of nitrogens with zero attached hydrogens (tertiary/aromatic N) is 4. The van der Waals surface area contributed by atoms with Gasteiger partial charge >= 0.3 is 0 Å². The Labute approximate surface area is 178 Å². The molecule has 0 fully saturated rings. The van der Waals surface area contributed by atoms with Crippen molar-refractivity contribution in [2.24, 2.45) is 0 Å². The molecule has 4 rings (SSSR count). The Morgan fingerprint density at radius 3 is 2.50 bits per heavy atom. The first-order chi connectivity index (χ1) is 14.5. The lowest BCUT2D eigenvalue weighted by Crippen LogP contribution is -2.13. The quantitative estimate of drug-likeness (QED) is 0.479. The van der Waals surface area contributed by atoms with Crippen LogP contribution in [0.1, 0.15) is 16.3 Å². The average molecular weight is 417 g/mol. The van der Waals surface area contributed by atoms with E-state index in [1.807, 2.05) is 68.4 Å². The number of aromatic nitrogens is 4. The summed E-state index contributed by atoms with van der Waals surface area (Å²) in [4.78, 5) is 30.7. The summed E-state index contributed by atoms with van der Waals surface area (Å²) < 4.78 is 0. The van der Waals surface area contributed by atoms with Crippen LogP contribution in [-0.2, 0) is 11.2 Å². The van der Waals surface area contributed by atoms with Gasteiger partial charge < -0.3 is 5.32 Å². The second-order valence-corrected chi connectivity index (χ2v) is 7.86. The van der Waals surface area contributed by atoms with E-state index in [2.05, 4.69) is 30.6 Å². The van der Waals surface area contributed by atoms with Crippen molar-refractivity contribution in [2.45, 2.75) is 20.3 Å². The Hall–Kier alpha value is -3.65. The Morgan fingerprint density at radius 1 is 0.967 bits per heavy atom. The van der Waals surface area contributed by atoms with E-state index in [1.165, 1.54) is 11.3 Å². The number of aryl methyl sites for hydroxylation is 2. The second-order valence-electron chi connectivity index (χ2n) is 6.74. The number of carbonyl (C=O) groups excluding carboxylic acids is 1. The van der Waals surface area contributed by atoms with Gasteiger partial charge in [0.05, 0.1) is 6.42 Å². The van der Waals surface area contributed by atoms with Crippen LogP contribution in [-0.4, -0.2) is 25.8 Å². The van der Waals surface area contributed by atoms with Crippen LogP contribution < -0.4 is 10.6 Å². The number of thiazole rings is 1. The first-order valence-corrected chi connectivity index (χ1v) is 10.2. The van der Waals surface area contributed by atoms with Crippen molar-refractivity contribution >= 4 is 34.0 Å². The van der Waals surface area contributed by atoms with Gasteiger partial charge in [0, 0.05) is 22.3 Å². The Bertz CT molecular complexity index is 1160. The zero-order valence-electron chi connectivity index (χ0n) is 16.6. The molecule has 2 aromatic carbocycles. The molecule has 30 heavy (non-hydrogen) atoms. The maximum absolute atomic E-state index is 12.3. The van der Waals surface area contributed by atoms with Crippen LogP contribution in [0, 0.1) is 13.8 Å². The van der Waals surface area contributed by atoms with Gasteiger partial charge in [0.1, 0.15) is 5.82 Å². The number of nitrogens with one attached hydrogen (secondary N) is 2. The van der Waals surface area contributed by atoms with E-state index in [0.29, 0.717) is 22.7 Å². The summed E-state index contributed by atoms with van der Waals surface area (Å²) in [5.74, 6) is 1.54. The van der Waals surface area contributed by atoms with E-state index in [1.54, 1.807) is 6.20 Å². The molecule has 0 saturated heterocycles. The molecule has 1 amide bonds. The molecule has 2 N–H and O–H groups in total. The lowest BCUT2D eigenvalue weighted by atomic mass is 10.2. The number of carbonyl (C=O) groups is 1. The predicted octanol–water partition coefficient (Wildman–Crippen LogP) is 4.54. The molecular weight excluding hydrogens is 396 g/mol. The number of hydrogen-bond donors (Lipinski definition) is 2. The summed E-state index contributed by atoms with van der Waals surface area (Å²) in [6.45, 7) is 3.83. The van der Waals surface area contributed by atoms with Gasteiger partial charge in [-0.3, -0.25) is 10.1 Å². The number of rotatable bonds is 6. The Balaban J connectivity index is 1.42. The van der Waals surface area contributed by atoms with E-state index in [9.17, 15) is 4.79 Å². The molecule has 7 nitrogen and oxygen atoms in total. The summed E-state index contributed by atoms with van der Waals surface area (Å²) in [5, 5.41) is 6.64. The van der Waals surface area contributed by atoms with Crippen molar-refractivity contribution < 1.29 is 4.79 Å². The molecule has 150 valence electrons. The van der Waals surface area contributed by atoms with Crippen molar-refractivity contribution in [1.82, 2.24) is 19.9 Å². The minimum atomic E-state index is -0.0866. The fraction of sp³-hybridized carbons (Fsp3) is 0.136. The number of benzene rings is 2. The van der Waals surface area contributed by atoms with Crippen LogP contribution in [0.15, 0.2) is 60.8 Å². The summed E-state index contributed by atoms with van der Waals surface area (Å²) in [5.41, 5.74) is 2.84. The lowest BCUT2D eigenvalue weighted by Gasteiger charge is -2.05. The highest BCUT2D eigenvalue weighted by Crippen LogP contribution is 2.23. The molecule has 0 saturated carbocycles. The van der Waals surface area contributed by atoms with Crippen LogP contribution in [0.2, 0.25) is 0 Å². The molecule has 0 atom stereocenters. The molecule has 4 aromatic rings. The number of hydrogen-bond acceptors (Lipinski definition) is 7. The van der Waals surface area contributed by atoms with Gasteiger partial charge in [-0.2, -0.15) is 9.97 Å². The molecule has 8 heteroatoms. The largest absolute Gasteiger partial charge is 0.326 e. The molecule has 2 heterocycles. The van der Waals surface area contributed by atoms with E-state index in [4.69, 9.17) is 0 Å². The fourth-order valence-electron chi connectivity index (χ4n) is 2.80. The second kappa shape index (κ2) is 8.79. The van der Waals surface area contributed by atoms with Gasteiger partial charge in [-0.15, -0.1) is 11.3 Å². The fourth-order valence-corrected chi connectivity index (χ4v) is 3.60. The van der Waals surface area contributed by atoms with E-state index in [-0.39, 0.29) is 12.3 Å². The minimum Gasteiger partial charge on any atom is -0.326 e. The lowest BCUT2D eigenvalue weighted by molar-refractivity contribution is -0.115. The SMILES string of the molecule is Cc1ccc(NC(=O)Cc2cnc(Nc3nc(C)nc(-c4ccccc4)n3)s2)cc1. The van der Waals surface area contributed by atoms with Crippen LogP contribution in [0.4, 0.5) is 16.8 Å². The van der Waals surface area contributed by atoms with Crippen LogP contribution in [0.25, 0.3) is 11.4 Å². The van der Waals surface area contributed by atoms with Crippen molar-refractivity contribution in [3.05, 3.63) is 77.1 Å². The summed E-state index contributed by atoms with van der Waals surface area (Å²) in [6.07, 6.45) is 1.94. The molecule has 0 spiro atoms. The van der Waals surface area contributed by atoms with Crippen LogP contribution in [0.3, 0.4) is 0 Å². The Morgan fingerprint density at radius 2 is 1.73 bits per heavy atom. The molecule has 0 bridgehead atoms. The van der Waals surface area contributed by atoms with Gasteiger partial charge in [0.2, 0.25) is 11.9 Å². The van der Waals surface area contributed by atoms with E-state index < -0.39 is 0 Å². The molecule has 0 unspecified atom stereocenters. The molecule has 0 radical (unpaired) electrons. The van der Waals surface area contributed by atoms with Gasteiger partial charge in [-0.25, -0.2) is 9.97 Å². The summed E-state index contributed by atoms with van der Waals surface area (Å²) in [6, 6.07) is 17.4. The van der Waals surface area contributed by atoms with Crippen molar-refractivity contribution in [2.75, 3.05) is 10.6 Å². The van der Waals surface area contributed by atoms with Crippen molar-refractivity contribution in [3.8, 4) is 11.4 Å². The normalized spacial score (nSPS) is 10.6. The maximum Gasteiger partial charge on any atom is 0.232 e. The predicted molar refractivity (Wildman–Crippen MR) is 119 cm³/mol. The van der Waals surface area contributed by atoms with Crippen molar-refractivity contribution in [1.29, 1.82) is 0 Å². The third-order valence-electron chi connectivity index (χ3n) is 4.22. The smallest absolute Gasteiger partial charge is 0.232 e. The van der Waals surface area contributed by atoms with Gasteiger partial charge in [-0.1, -0.05) is 48.0 Å². The van der Waals surface area contributed by atoms with Crippen LogP contribution >= 0.6 is 11.3 Å². The molecule has 0 aliphatic heterocycles. The molecule has 0 aliphatic carbocycles. The first kappa shape index (κ1) is 19.7. The highest BCUT2D eigenvalue weighted by Gasteiger charge is 2.11. The molecule has 2 aromatic heterocycles. The molecular formula is C22H20N6OS. The van der Waals surface area contributed by atoms with E-state index >= 15 is 0 Å². The van der Waals surface area contributed by atoms with E-state index in [0.717, 1.165) is 21.7 Å². The van der Waals surface area contributed by atoms with Gasteiger partial charge in [-0.05, 0) is 26.0 Å². The Kier molecular flexibility index (Phi) is 5.76. The summed E-state index contributed by atoms with van der Waals surface area (Å²) >= 11 is 1.39. The van der Waals surface area contributed by atoms with Crippen LogP contribution in [0.5, 0.6) is 0 Å². The number of anilines is 3. The highest BCUT2D eigenvalue weighted by molar-refractivity contribution is 7.15. The topological polar surface area (TPSA) is 92.7 Å². The van der Waals surface area contributed by atoms with Gasteiger partial charge in [0.25, 0.3) is 0 Å². The van der Waals surface area contributed by atoms with Crippen molar-refractivity contribution in [3.63, 3.8) is 0 Å². The molecule has 0 aliphatic rings. The zero-order valence-corrected chi connectivity index (χ0v) is 17.4. The highest BCUT2D eigenvalue weighted by atomic mass is 32.1. The monoisotopic (exact) mass is 416 g/mol. The average Bonchev–Trinajstić information content (AvgIpc) is 3.16. The zero-order chi connectivity index (χ0) is 20.9. The first-order valence-electron chi connectivity index (χ1n) is 9.41. The maximum atomic E-state index is 12.3. The minimum absolute atomic E-state index is 0.0866. The van der Waals surface area contributed by atoms with Gasteiger partial charge in [0.15, 0.2) is 11.0 Å². The summed E-state index contributed by atoms with van der Waals surface area (Å²) in [7, 11) is 0.